The van der Waals surface area contributed by atoms with Crippen molar-refractivity contribution < 1.29 is 13.2 Å². The normalized spacial score (nSPS) is 22.0. The molecule has 1 atom stereocenters. The predicted molar refractivity (Wildman–Crippen MR) is 67.5 cm³/mol. The lowest BCUT2D eigenvalue weighted by atomic mass is 10.0. The Balaban J connectivity index is 2.15. The number of hydrogen-bond acceptors (Lipinski definition) is 2. The summed E-state index contributed by atoms with van der Waals surface area (Å²) in [5.41, 5.74) is 0. The molecule has 1 heterocycles. The molecule has 0 saturated carbocycles. The third-order valence-corrected chi connectivity index (χ3v) is 3.79. The van der Waals surface area contributed by atoms with Crippen LogP contribution in [0, 0.1) is 11.8 Å². The molecule has 0 amide bonds. The summed E-state index contributed by atoms with van der Waals surface area (Å²) in [5.74, 6) is 1.07. The summed E-state index contributed by atoms with van der Waals surface area (Å²) in [5, 5.41) is 3.40. The summed E-state index contributed by atoms with van der Waals surface area (Å²) in [6, 6.07) is 0. The molecule has 0 aromatic heterocycles. The molecule has 0 bridgehead atoms. The van der Waals surface area contributed by atoms with E-state index in [0.717, 1.165) is 32.4 Å². The van der Waals surface area contributed by atoms with Crippen molar-refractivity contribution in [1.29, 1.82) is 0 Å². The Morgan fingerprint density at radius 1 is 1.28 bits per heavy atom. The molecule has 0 spiro atoms. The summed E-state index contributed by atoms with van der Waals surface area (Å²) < 4.78 is 36.7. The zero-order chi connectivity index (χ0) is 13.6. The van der Waals surface area contributed by atoms with Gasteiger partial charge in [0.2, 0.25) is 0 Å². The van der Waals surface area contributed by atoms with Crippen LogP contribution in [0.4, 0.5) is 13.2 Å². The fraction of sp³-hybridized carbons (Fsp3) is 1.00. The van der Waals surface area contributed by atoms with E-state index < -0.39 is 12.7 Å². The van der Waals surface area contributed by atoms with Gasteiger partial charge in [-0.3, -0.25) is 4.90 Å². The Morgan fingerprint density at radius 3 is 2.50 bits per heavy atom. The van der Waals surface area contributed by atoms with Crippen LogP contribution in [0.15, 0.2) is 0 Å². The van der Waals surface area contributed by atoms with Crippen molar-refractivity contribution in [2.24, 2.45) is 11.8 Å². The van der Waals surface area contributed by atoms with Crippen molar-refractivity contribution in [1.82, 2.24) is 10.2 Å². The Morgan fingerprint density at radius 2 is 1.94 bits per heavy atom. The first-order valence-electron chi connectivity index (χ1n) is 6.94. The molecule has 0 radical (unpaired) electrons. The molecule has 1 fully saturated rings. The van der Waals surface area contributed by atoms with E-state index in [2.05, 4.69) is 19.2 Å². The lowest BCUT2D eigenvalue weighted by molar-refractivity contribution is -0.143. The number of likely N-dealkylation sites (tertiary alicyclic amines) is 1. The van der Waals surface area contributed by atoms with Crippen LogP contribution in [0.5, 0.6) is 0 Å². The third-order valence-electron chi connectivity index (χ3n) is 3.79. The maximum Gasteiger partial charge on any atom is 0.401 e. The smallest absolute Gasteiger partial charge is 0.316 e. The summed E-state index contributed by atoms with van der Waals surface area (Å²) in [6.45, 7) is 6.60. The molecule has 2 nitrogen and oxygen atoms in total. The second-order valence-corrected chi connectivity index (χ2v) is 5.35. The molecule has 1 saturated heterocycles. The molecule has 1 aliphatic rings. The second kappa shape index (κ2) is 7.34. The molecular formula is C13H25F3N2. The van der Waals surface area contributed by atoms with Gasteiger partial charge in [-0.2, -0.15) is 13.2 Å². The van der Waals surface area contributed by atoms with Crippen LogP contribution in [0.2, 0.25) is 0 Å². The van der Waals surface area contributed by atoms with E-state index in [1.165, 1.54) is 4.90 Å². The van der Waals surface area contributed by atoms with E-state index >= 15 is 0 Å². The van der Waals surface area contributed by atoms with Crippen LogP contribution < -0.4 is 5.32 Å². The average molecular weight is 266 g/mol. The highest BCUT2D eigenvalue weighted by molar-refractivity contribution is 4.79. The van der Waals surface area contributed by atoms with Crippen molar-refractivity contribution in [2.75, 3.05) is 32.7 Å². The second-order valence-electron chi connectivity index (χ2n) is 5.35. The van der Waals surface area contributed by atoms with E-state index in [4.69, 9.17) is 0 Å². The Bertz CT molecular complexity index is 227. The number of nitrogens with one attached hydrogen (secondary N) is 1. The number of halogens is 3. The third kappa shape index (κ3) is 6.05. The van der Waals surface area contributed by atoms with Gasteiger partial charge in [0.25, 0.3) is 0 Å². The van der Waals surface area contributed by atoms with Crippen LogP contribution in [0.1, 0.15) is 33.1 Å². The van der Waals surface area contributed by atoms with E-state index in [0.29, 0.717) is 24.9 Å². The first kappa shape index (κ1) is 15.8. The van der Waals surface area contributed by atoms with E-state index in [-0.39, 0.29) is 0 Å². The van der Waals surface area contributed by atoms with Gasteiger partial charge in [-0.25, -0.2) is 0 Å². The van der Waals surface area contributed by atoms with Crippen molar-refractivity contribution in [3.05, 3.63) is 0 Å². The predicted octanol–water partition coefficient (Wildman–Crippen LogP) is 2.90. The van der Waals surface area contributed by atoms with Crippen molar-refractivity contribution in [3.63, 3.8) is 0 Å². The van der Waals surface area contributed by atoms with Gasteiger partial charge in [-0.15, -0.1) is 0 Å². The van der Waals surface area contributed by atoms with Crippen LogP contribution >= 0.6 is 0 Å². The highest BCUT2D eigenvalue weighted by Crippen LogP contribution is 2.22. The standard InChI is InChI=1S/C13H25F3N2/c1-3-11(4-2)7-17-8-12-5-6-18(9-12)10-13(14,15)16/h11-12,17H,3-10H2,1-2H3. The van der Waals surface area contributed by atoms with Gasteiger partial charge in [0, 0.05) is 6.54 Å². The Kier molecular flexibility index (Phi) is 6.43. The summed E-state index contributed by atoms with van der Waals surface area (Å²) in [6.07, 6.45) is -0.855. The van der Waals surface area contributed by atoms with Gasteiger partial charge in [-0.05, 0) is 37.9 Å². The van der Waals surface area contributed by atoms with Crippen LogP contribution in [-0.2, 0) is 0 Å². The fourth-order valence-corrected chi connectivity index (χ4v) is 2.55. The first-order chi connectivity index (χ1) is 8.44. The van der Waals surface area contributed by atoms with E-state index in [1.807, 2.05) is 0 Å². The molecule has 1 aliphatic heterocycles. The van der Waals surface area contributed by atoms with Crippen molar-refractivity contribution in [3.8, 4) is 0 Å². The van der Waals surface area contributed by atoms with Gasteiger partial charge >= 0.3 is 6.18 Å². The maximum absolute atomic E-state index is 12.2. The largest absolute Gasteiger partial charge is 0.401 e. The molecule has 0 aromatic rings. The van der Waals surface area contributed by atoms with Crippen molar-refractivity contribution >= 4 is 0 Å². The molecular weight excluding hydrogens is 241 g/mol. The molecule has 1 unspecified atom stereocenters. The quantitative estimate of drug-likeness (QED) is 0.762. The number of hydrogen-bond donors (Lipinski definition) is 1. The first-order valence-corrected chi connectivity index (χ1v) is 6.94. The molecule has 1 rings (SSSR count). The Labute approximate surface area is 108 Å². The van der Waals surface area contributed by atoms with Gasteiger partial charge in [0.15, 0.2) is 0 Å². The minimum absolute atomic E-state index is 0.377. The van der Waals surface area contributed by atoms with Gasteiger partial charge in [-0.1, -0.05) is 26.7 Å². The van der Waals surface area contributed by atoms with Crippen LogP contribution in [0.3, 0.4) is 0 Å². The zero-order valence-electron chi connectivity index (χ0n) is 11.4. The zero-order valence-corrected chi connectivity index (χ0v) is 11.4. The SMILES string of the molecule is CCC(CC)CNCC1CCN(CC(F)(F)F)C1. The molecule has 18 heavy (non-hydrogen) atoms. The van der Waals surface area contributed by atoms with Crippen molar-refractivity contribution in [2.45, 2.75) is 39.3 Å². The number of alkyl halides is 3. The Hall–Kier alpha value is -0.290. The highest BCUT2D eigenvalue weighted by atomic mass is 19.4. The average Bonchev–Trinajstić information content (AvgIpc) is 2.69. The van der Waals surface area contributed by atoms with E-state index in [9.17, 15) is 13.2 Å². The molecule has 0 aliphatic carbocycles. The van der Waals surface area contributed by atoms with Crippen LogP contribution in [0.25, 0.3) is 0 Å². The van der Waals surface area contributed by atoms with Gasteiger partial charge < -0.3 is 5.32 Å². The molecule has 5 heteroatoms. The summed E-state index contributed by atoms with van der Waals surface area (Å²) in [4.78, 5) is 1.52. The topological polar surface area (TPSA) is 15.3 Å². The fourth-order valence-electron chi connectivity index (χ4n) is 2.55. The van der Waals surface area contributed by atoms with E-state index in [1.54, 1.807) is 0 Å². The number of nitrogens with zero attached hydrogens (tertiary/aromatic N) is 1. The van der Waals surface area contributed by atoms with Gasteiger partial charge in [0.05, 0.1) is 6.54 Å². The monoisotopic (exact) mass is 266 g/mol. The summed E-state index contributed by atoms with van der Waals surface area (Å²) in [7, 11) is 0. The molecule has 0 aromatic carbocycles. The minimum Gasteiger partial charge on any atom is -0.316 e. The number of rotatable bonds is 7. The highest BCUT2D eigenvalue weighted by Gasteiger charge is 2.34. The lowest BCUT2D eigenvalue weighted by Crippen LogP contribution is -2.34. The lowest BCUT2D eigenvalue weighted by Gasteiger charge is -2.19. The maximum atomic E-state index is 12.2. The molecule has 1 N–H and O–H groups in total. The van der Waals surface area contributed by atoms with Gasteiger partial charge in [0.1, 0.15) is 0 Å². The van der Waals surface area contributed by atoms with Crippen LogP contribution in [-0.4, -0.2) is 43.8 Å². The summed E-state index contributed by atoms with van der Waals surface area (Å²) >= 11 is 0. The minimum atomic E-state index is -4.06. The molecule has 108 valence electrons.